The molecule has 1 rings (SSSR count). The highest BCUT2D eigenvalue weighted by Gasteiger charge is 2.15. The van der Waals surface area contributed by atoms with Gasteiger partial charge in [-0.1, -0.05) is 13.3 Å². The molecule has 1 aromatic rings. The minimum absolute atomic E-state index is 0.0475. The van der Waals surface area contributed by atoms with Crippen LogP contribution in [0.1, 0.15) is 19.8 Å². The topological polar surface area (TPSA) is 74.6 Å². The SMILES string of the molecule is CCCCS(=O)(=O)c1ccc(O)c(O)c1. The zero-order valence-corrected chi connectivity index (χ0v) is 9.29. The largest absolute Gasteiger partial charge is 0.504 e. The van der Waals surface area contributed by atoms with Gasteiger partial charge in [0.05, 0.1) is 10.6 Å². The van der Waals surface area contributed by atoms with Gasteiger partial charge in [-0.25, -0.2) is 8.42 Å². The van der Waals surface area contributed by atoms with Crippen LogP contribution in [0, 0.1) is 0 Å². The molecule has 15 heavy (non-hydrogen) atoms. The molecule has 0 aliphatic heterocycles. The van der Waals surface area contributed by atoms with Crippen LogP contribution in [0.4, 0.5) is 0 Å². The molecule has 4 nitrogen and oxygen atoms in total. The third-order valence-corrected chi connectivity index (χ3v) is 3.87. The van der Waals surface area contributed by atoms with Crippen molar-refractivity contribution < 1.29 is 18.6 Å². The maximum Gasteiger partial charge on any atom is 0.178 e. The molecule has 0 bridgehead atoms. The predicted molar refractivity (Wildman–Crippen MR) is 56.7 cm³/mol. The molecule has 0 radical (unpaired) electrons. The molecule has 0 aliphatic carbocycles. The van der Waals surface area contributed by atoms with Crippen LogP contribution in [0.25, 0.3) is 0 Å². The molecular weight excluding hydrogens is 216 g/mol. The van der Waals surface area contributed by atoms with Gasteiger partial charge in [0.1, 0.15) is 0 Å². The van der Waals surface area contributed by atoms with E-state index in [4.69, 9.17) is 5.11 Å². The van der Waals surface area contributed by atoms with Crippen LogP contribution in [-0.4, -0.2) is 24.4 Å². The number of hydrogen-bond donors (Lipinski definition) is 2. The normalized spacial score (nSPS) is 11.5. The number of unbranched alkanes of at least 4 members (excludes halogenated alkanes) is 1. The lowest BCUT2D eigenvalue weighted by Gasteiger charge is -2.04. The summed E-state index contributed by atoms with van der Waals surface area (Å²) in [6, 6.07) is 3.54. The maximum absolute atomic E-state index is 11.7. The Morgan fingerprint density at radius 1 is 1.20 bits per heavy atom. The molecule has 84 valence electrons. The third kappa shape index (κ3) is 2.86. The highest BCUT2D eigenvalue weighted by molar-refractivity contribution is 7.91. The van der Waals surface area contributed by atoms with Crippen molar-refractivity contribution in [3.05, 3.63) is 18.2 Å². The van der Waals surface area contributed by atoms with Crippen molar-refractivity contribution in [2.75, 3.05) is 5.75 Å². The summed E-state index contributed by atoms with van der Waals surface area (Å²) in [6.07, 6.45) is 1.38. The van der Waals surface area contributed by atoms with E-state index in [0.717, 1.165) is 12.5 Å². The molecular formula is C10H14O4S. The Morgan fingerprint density at radius 3 is 2.40 bits per heavy atom. The Balaban J connectivity index is 3.00. The van der Waals surface area contributed by atoms with Crippen molar-refractivity contribution >= 4 is 9.84 Å². The van der Waals surface area contributed by atoms with Crippen LogP contribution in [0.15, 0.2) is 23.1 Å². The molecule has 1 aromatic carbocycles. The van der Waals surface area contributed by atoms with Gasteiger partial charge in [0.25, 0.3) is 0 Å². The lowest BCUT2D eigenvalue weighted by molar-refractivity contribution is 0.402. The van der Waals surface area contributed by atoms with Crippen molar-refractivity contribution in [1.29, 1.82) is 0 Å². The summed E-state index contributed by atoms with van der Waals surface area (Å²) in [5.74, 6) is -0.662. The van der Waals surface area contributed by atoms with Crippen LogP contribution in [0.2, 0.25) is 0 Å². The predicted octanol–water partition coefficient (Wildman–Crippen LogP) is 1.67. The molecule has 5 heteroatoms. The highest BCUT2D eigenvalue weighted by atomic mass is 32.2. The Kier molecular flexibility index (Phi) is 3.57. The first-order valence-electron chi connectivity index (χ1n) is 4.72. The molecule has 2 N–H and O–H groups in total. The highest BCUT2D eigenvalue weighted by Crippen LogP contribution is 2.27. The molecule has 0 unspecified atom stereocenters. The van der Waals surface area contributed by atoms with E-state index in [0.29, 0.717) is 6.42 Å². The summed E-state index contributed by atoms with van der Waals surface area (Å²) < 4.78 is 23.3. The first kappa shape index (κ1) is 11.8. The van der Waals surface area contributed by atoms with E-state index < -0.39 is 15.6 Å². The van der Waals surface area contributed by atoms with Gasteiger partial charge in [-0.15, -0.1) is 0 Å². The number of sulfone groups is 1. The lowest BCUT2D eigenvalue weighted by atomic mass is 10.3. The number of rotatable bonds is 4. The smallest absolute Gasteiger partial charge is 0.178 e. The second-order valence-corrected chi connectivity index (χ2v) is 5.43. The number of phenols is 2. The van der Waals surface area contributed by atoms with E-state index in [-0.39, 0.29) is 16.4 Å². The lowest BCUT2D eigenvalue weighted by Crippen LogP contribution is -2.06. The second kappa shape index (κ2) is 4.53. The van der Waals surface area contributed by atoms with Gasteiger partial charge in [-0.2, -0.15) is 0 Å². The van der Waals surface area contributed by atoms with Crippen molar-refractivity contribution in [2.45, 2.75) is 24.7 Å². The maximum atomic E-state index is 11.7. The van der Waals surface area contributed by atoms with Gasteiger partial charge in [0.2, 0.25) is 0 Å². The fourth-order valence-corrected chi connectivity index (χ4v) is 2.62. The van der Waals surface area contributed by atoms with E-state index >= 15 is 0 Å². The van der Waals surface area contributed by atoms with Crippen molar-refractivity contribution in [1.82, 2.24) is 0 Å². The number of aromatic hydroxyl groups is 2. The summed E-state index contributed by atoms with van der Waals surface area (Å²) in [7, 11) is -3.33. The summed E-state index contributed by atoms with van der Waals surface area (Å²) in [5.41, 5.74) is 0. The number of hydrogen-bond acceptors (Lipinski definition) is 4. The number of phenolic OH excluding ortho intramolecular Hbond substituents is 2. The number of benzene rings is 1. The van der Waals surface area contributed by atoms with Crippen LogP contribution in [-0.2, 0) is 9.84 Å². The molecule has 0 aromatic heterocycles. The van der Waals surface area contributed by atoms with Crippen LogP contribution >= 0.6 is 0 Å². The second-order valence-electron chi connectivity index (χ2n) is 3.32. The first-order chi connectivity index (χ1) is 6.97. The van der Waals surface area contributed by atoms with Crippen molar-refractivity contribution in [2.24, 2.45) is 0 Å². The molecule has 0 saturated heterocycles. The van der Waals surface area contributed by atoms with Gasteiger partial charge < -0.3 is 10.2 Å². The zero-order chi connectivity index (χ0) is 11.5. The van der Waals surface area contributed by atoms with Crippen molar-refractivity contribution in [3.63, 3.8) is 0 Å². The average molecular weight is 230 g/mol. The average Bonchev–Trinajstić information content (AvgIpc) is 2.19. The van der Waals surface area contributed by atoms with Crippen LogP contribution in [0.3, 0.4) is 0 Å². The Morgan fingerprint density at radius 2 is 1.87 bits per heavy atom. The fourth-order valence-electron chi connectivity index (χ4n) is 1.15. The van der Waals surface area contributed by atoms with E-state index in [2.05, 4.69) is 0 Å². The van der Waals surface area contributed by atoms with Crippen LogP contribution in [0.5, 0.6) is 11.5 Å². The molecule has 0 atom stereocenters. The summed E-state index contributed by atoms with van der Waals surface area (Å²) in [6.45, 7) is 1.91. The minimum atomic E-state index is -3.33. The first-order valence-corrected chi connectivity index (χ1v) is 6.37. The molecule has 0 amide bonds. The molecule has 0 fully saturated rings. The summed E-state index contributed by atoms with van der Waals surface area (Å²) in [5, 5.41) is 18.2. The Bertz CT molecular complexity index is 437. The molecule has 0 saturated carbocycles. The van der Waals surface area contributed by atoms with E-state index in [1.54, 1.807) is 0 Å². The summed E-state index contributed by atoms with van der Waals surface area (Å²) >= 11 is 0. The standard InChI is InChI=1S/C10H14O4S/c1-2-3-6-15(13,14)8-4-5-9(11)10(12)7-8/h4-5,7,11-12H,2-3,6H2,1H3. The Labute approximate surface area is 89.1 Å². The van der Waals surface area contributed by atoms with Crippen molar-refractivity contribution in [3.8, 4) is 11.5 Å². The van der Waals surface area contributed by atoms with Crippen LogP contribution < -0.4 is 0 Å². The van der Waals surface area contributed by atoms with Gasteiger partial charge in [-0.3, -0.25) is 0 Å². The van der Waals surface area contributed by atoms with E-state index in [1.165, 1.54) is 12.1 Å². The van der Waals surface area contributed by atoms with E-state index in [1.807, 2.05) is 6.92 Å². The molecule has 0 spiro atoms. The van der Waals surface area contributed by atoms with Gasteiger partial charge in [-0.05, 0) is 18.6 Å². The van der Waals surface area contributed by atoms with Gasteiger partial charge in [0.15, 0.2) is 21.3 Å². The zero-order valence-electron chi connectivity index (χ0n) is 8.47. The Hall–Kier alpha value is -1.23. The fraction of sp³-hybridized carbons (Fsp3) is 0.400. The third-order valence-electron chi connectivity index (χ3n) is 2.07. The minimum Gasteiger partial charge on any atom is -0.504 e. The monoisotopic (exact) mass is 230 g/mol. The van der Waals surface area contributed by atoms with Gasteiger partial charge in [0, 0.05) is 6.07 Å². The molecule has 0 heterocycles. The summed E-state index contributed by atoms with van der Waals surface area (Å²) in [4.78, 5) is 0.0475. The quantitative estimate of drug-likeness (QED) is 0.771. The van der Waals surface area contributed by atoms with E-state index in [9.17, 15) is 13.5 Å². The molecule has 0 aliphatic rings. The van der Waals surface area contributed by atoms with Gasteiger partial charge >= 0.3 is 0 Å².